The first-order valence-electron chi connectivity index (χ1n) is 7.30. The van der Waals surface area contributed by atoms with E-state index in [1.54, 1.807) is 12.7 Å². The summed E-state index contributed by atoms with van der Waals surface area (Å²) in [5.74, 6) is 0.770. The van der Waals surface area contributed by atoms with E-state index in [0.717, 1.165) is 37.3 Å². The predicted molar refractivity (Wildman–Crippen MR) is 84.4 cm³/mol. The largest absolute Gasteiger partial charge is 0.334 e. The van der Waals surface area contributed by atoms with Crippen LogP contribution in [0.3, 0.4) is 0 Å². The number of aromatic nitrogens is 3. The molecule has 1 amide bonds. The molecule has 0 spiro atoms. The molecule has 3 heterocycles. The Morgan fingerprint density at radius 1 is 1.14 bits per heavy atom. The van der Waals surface area contributed by atoms with Crippen molar-refractivity contribution in [3.05, 3.63) is 42.5 Å². The number of hydrogen-bond donors (Lipinski definition) is 1. The molecule has 2 aliphatic rings. The van der Waals surface area contributed by atoms with Gasteiger partial charge in [0.25, 0.3) is 5.91 Å². The molecule has 0 unspecified atom stereocenters. The molecule has 6 nitrogen and oxygen atoms in total. The molecule has 0 saturated carbocycles. The van der Waals surface area contributed by atoms with Gasteiger partial charge in [-0.15, -0.1) is 22.6 Å². The molecule has 2 aliphatic heterocycles. The van der Waals surface area contributed by atoms with E-state index in [1.807, 2.05) is 33.7 Å². The molecule has 0 aliphatic carbocycles. The van der Waals surface area contributed by atoms with Gasteiger partial charge >= 0.3 is 0 Å². The maximum absolute atomic E-state index is 12.7. The van der Waals surface area contributed by atoms with Crippen LogP contribution < -0.4 is 5.32 Å². The number of carbonyl (C=O) groups is 1. The highest BCUT2D eigenvalue weighted by Crippen LogP contribution is 2.28. The number of nitrogens with zero attached hydrogens (tertiary/aromatic N) is 4. The minimum absolute atomic E-state index is 0. The first-order valence-corrected chi connectivity index (χ1v) is 7.30. The smallest absolute Gasteiger partial charge is 0.254 e. The monoisotopic (exact) mass is 319 g/mol. The van der Waals surface area contributed by atoms with E-state index < -0.39 is 0 Å². The zero-order valence-electron chi connectivity index (χ0n) is 12.1. The highest BCUT2D eigenvalue weighted by atomic mass is 35.5. The van der Waals surface area contributed by atoms with E-state index in [1.165, 1.54) is 0 Å². The van der Waals surface area contributed by atoms with Crippen LogP contribution in [-0.4, -0.2) is 51.2 Å². The Morgan fingerprint density at radius 2 is 1.86 bits per heavy atom. The van der Waals surface area contributed by atoms with E-state index in [9.17, 15) is 4.79 Å². The number of benzene rings is 1. The molecule has 1 N–H and O–H groups in total. The highest BCUT2D eigenvalue weighted by molar-refractivity contribution is 5.94. The van der Waals surface area contributed by atoms with Crippen molar-refractivity contribution in [2.75, 3.05) is 19.6 Å². The van der Waals surface area contributed by atoms with Crippen molar-refractivity contribution in [1.82, 2.24) is 25.0 Å². The minimum Gasteiger partial charge on any atom is -0.334 e. The van der Waals surface area contributed by atoms with Crippen LogP contribution in [0.25, 0.3) is 5.69 Å². The Bertz CT molecular complexity index is 642. The lowest BCUT2D eigenvalue weighted by Gasteiger charge is -2.23. The molecule has 116 valence electrons. The Balaban J connectivity index is 0.00000144. The fourth-order valence-electron chi connectivity index (χ4n) is 3.38. The molecule has 7 heteroatoms. The zero-order valence-corrected chi connectivity index (χ0v) is 12.9. The summed E-state index contributed by atoms with van der Waals surface area (Å²) in [6.07, 6.45) is 4.40. The molecule has 0 bridgehead atoms. The van der Waals surface area contributed by atoms with E-state index in [4.69, 9.17) is 0 Å². The van der Waals surface area contributed by atoms with Crippen LogP contribution >= 0.6 is 12.4 Å². The summed E-state index contributed by atoms with van der Waals surface area (Å²) in [7, 11) is 0. The molecule has 4 rings (SSSR count). The van der Waals surface area contributed by atoms with Crippen molar-refractivity contribution in [3.63, 3.8) is 0 Å². The summed E-state index contributed by atoms with van der Waals surface area (Å²) in [6, 6.07) is 7.99. The molecule has 2 saturated heterocycles. The van der Waals surface area contributed by atoms with Crippen molar-refractivity contribution < 1.29 is 4.79 Å². The summed E-state index contributed by atoms with van der Waals surface area (Å²) < 4.78 is 1.82. The van der Waals surface area contributed by atoms with E-state index in [-0.39, 0.29) is 18.3 Å². The van der Waals surface area contributed by atoms with Crippen LogP contribution in [0.4, 0.5) is 0 Å². The maximum atomic E-state index is 12.7. The molecule has 2 aromatic rings. The number of rotatable bonds is 2. The van der Waals surface area contributed by atoms with Gasteiger partial charge in [-0.2, -0.15) is 0 Å². The van der Waals surface area contributed by atoms with Crippen LogP contribution in [0.2, 0.25) is 0 Å². The van der Waals surface area contributed by atoms with Gasteiger partial charge < -0.3 is 10.2 Å². The SMILES string of the molecule is Cl.O=C(c1ccc(-n2cnnc2)cc1)N1CC[C@H]2CNC[C@H]21. The van der Waals surface area contributed by atoms with Crippen molar-refractivity contribution in [2.45, 2.75) is 12.5 Å². The number of likely N-dealkylation sites (tertiary alicyclic amines) is 1. The number of hydrogen-bond acceptors (Lipinski definition) is 4. The summed E-state index contributed by atoms with van der Waals surface area (Å²) in [5.41, 5.74) is 1.71. The Labute approximate surface area is 134 Å². The summed E-state index contributed by atoms with van der Waals surface area (Å²) in [6.45, 7) is 2.85. The molecular formula is C15H18ClN5O. The Morgan fingerprint density at radius 3 is 2.59 bits per heavy atom. The van der Waals surface area contributed by atoms with Gasteiger partial charge in [-0.3, -0.25) is 9.36 Å². The quantitative estimate of drug-likeness (QED) is 0.901. The average Bonchev–Trinajstić information content (AvgIpc) is 3.24. The molecule has 1 aromatic heterocycles. The molecule has 2 atom stereocenters. The third kappa shape index (κ3) is 2.48. The van der Waals surface area contributed by atoms with Gasteiger partial charge in [-0.05, 0) is 36.6 Å². The summed E-state index contributed by atoms with van der Waals surface area (Å²) in [5, 5.41) is 10.9. The molecule has 22 heavy (non-hydrogen) atoms. The third-order valence-corrected chi connectivity index (χ3v) is 4.54. The van der Waals surface area contributed by atoms with Crippen LogP contribution in [-0.2, 0) is 0 Å². The van der Waals surface area contributed by atoms with Crippen molar-refractivity contribution >= 4 is 18.3 Å². The van der Waals surface area contributed by atoms with Crippen LogP contribution in [0.1, 0.15) is 16.8 Å². The lowest BCUT2D eigenvalue weighted by atomic mass is 10.0. The molecule has 0 radical (unpaired) electrons. The zero-order chi connectivity index (χ0) is 14.2. The standard InChI is InChI=1S/C15H17N5O.ClH/c21-15(20-6-5-12-7-16-8-14(12)20)11-1-3-13(4-2-11)19-9-17-18-10-19;/h1-4,9-10,12,14,16H,5-8H2;1H/t12-,14+;/m0./s1. The van der Waals surface area contributed by atoms with E-state index in [2.05, 4.69) is 15.5 Å². The summed E-state index contributed by atoms with van der Waals surface area (Å²) in [4.78, 5) is 14.7. The highest BCUT2D eigenvalue weighted by Gasteiger charge is 2.39. The van der Waals surface area contributed by atoms with Crippen LogP contribution in [0.15, 0.2) is 36.9 Å². The number of fused-ring (bicyclic) bond motifs is 1. The van der Waals surface area contributed by atoms with Crippen LogP contribution in [0, 0.1) is 5.92 Å². The van der Waals surface area contributed by atoms with Crippen molar-refractivity contribution in [2.24, 2.45) is 5.92 Å². The van der Waals surface area contributed by atoms with Crippen molar-refractivity contribution in [3.8, 4) is 5.69 Å². The maximum Gasteiger partial charge on any atom is 0.254 e. The Kier molecular flexibility index (Phi) is 4.13. The van der Waals surface area contributed by atoms with Gasteiger partial charge in [0.1, 0.15) is 12.7 Å². The topological polar surface area (TPSA) is 63.1 Å². The lowest BCUT2D eigenvalue weighted by molar-refractivity contribution is 0.0737. The first kappa shape index (κ1) is 15.0. The van der Waals surface area contributed by atoms with E-state index in [0.29, 0.717) is 12.0 Å². The van der Waals surface area contributed by atoms with Gasteiger partial charge in [-0.25, -0.2) is 0 Å². The fourth-order valence-corrected chi connectivity index (χ4v) is 3.38. The molecule has 2 fully saturated rings. The lowest BCUT2D eigenvalue weighted by Crippen LogP contribution is -2.39. The minimum atomic E-state index is 0. The molecular weight excluding hydrogens is 302 g/mol. The number of halogens is 1. The van der Waals surface area contributed by atoms with E-state index >= 15 is 0 Å². The second-order valence-corrected chi connectivity index (χ2v) is 5.69. The second kappa shape index (κ2) is 6.06. The average molecular weight is 320 g/mol. The second-order valence-electron chi connectivity index (χ2n) is 5.69. The fraction of sp³-hybridized carbons (Fsp3) is 0.400. The predicted octanol–water partition coefficient (Wildman–Crippen LogP) is 1.12. The normalized spacial score (nSPS) is 23.2. The van der Waals surface area contributed by atoms with Crippen molar-refractivity contribution in [1.29, 1.82) is 0 Å². The van der Waals surface area contributed by atoms with Gasteiger partial charge in [0.15, 0.2) is 0 Å². The number of amides is 1. The number of nitrogens with one attached hydrogen (secondary N) is 1. The van der Waals surface area contributed by atoms with Gasteiger partial charge in [0, 0.05) is 36.9 Å². The number of carbonyl (C=O) groups excluding carboxylic acids is 1. The van der Waals surface area contributed by atoms with Gasteiger partial charge in [0.05, 0.1) is 0 Å². The third-order valence-electron chi connectivity index (χ3n) is 4.54. The summed E-state index contributed by atoms with van der Waals surface area (Å²) >= 11 is 0. The van der Waals surface area contributed by atoms with Gasteiger partial charge in [-0.1, -0.05) is 0 Å². The van der Waals surface area contributed by atoms with Gasteiger partial charge in [0.2, 0.25) is 0 Å². The first-order chi connectivity index (χ1) is 10.3. The Hall–Kier alpha value is -1.92. The van der Waals surface area contributed by atoms with Crippen LogP contribution in [0.5, 0.6) is 0 Å². The molecule has 1 aromatic carbocycles.